The highest BCUT2D eigenvalue weighted by Gasteiger charge is 2.32. The highest BCUT2D eigenvalue weighted by molar-refractivity contribution is 6.33. The number of nitrogen functional groups attached to an aromatic ring is 1. The van der Waals surface area contributed by atoms with Gasteiger partial charge in [0.05, 0.1) is 48.2 Å². The highest BCUT2D eigenvalue weighted by atomic mass is 35.5. The van der Waals surface area contributed by atoms with E-state index >= 15 is 0 Å². The summed E-state index contributed by atoms with van der Waals surface area (Å²) < 4.78 is 11.1. The molecule has 0 unspecified atom stereocenters. The van der Waals surface area contributed by atoms with Gasteiger partial charge < -0.3 is 66.5 Å². The Labute approximate surface area is 336 Å². The van der Waals surface area contributed by atoms with Gasteiger partial charge in [-0.15, -0.1) is 0 Å². The number of nitrogens with zero attached hydrogens (tertiary/aromatic N) is 2. The van der Waals surface area contributed by atoms with Gasteiger partial charge in [0, 0.05) is 58.2 Å². The number of hydrogen-bond donors (Lipinski definition) is 9. The first-order valence-corrected chi connectivity index (χ1v) is 20.5. The van der Waals surface area contributed by atoms with Crippen LogP contribution in [-0.2, 0) is 14.3 Å². The molecule has 1 aromatic rings. The van der Waals surface area contributed by atoms with Crippen molar-refractivity contribution in [2.75, 3.05) is 72.4 Å². The number of halogens is 1. The number of amides is 3. The average molecular weight is 815 g/mol. The van der Waals surface area contributed by atoms with Crippen LogP contribution in [0.4, 0.5) is 5.69 Å². The summed E-state index contributed by atoms with van der Waals surface area (Å²) in [4.78, 5) is 42.7. The first kappa shape index (κ1) is 47.6. The number of ether oxygens (including phenoxy) is 2. The summed E-state index contributed by atoms with van der Waals surface area (Å²) in [5.41, 5.74) is 6.54. The lowest BCUT2D eigenvalue weighted by atomic mass is 10.00. The van der Waals surface area contributed by atoms with Crippen LogP contribution in [0.25, 0.3) is 0 Å². The van der Waals surface area contributed by atoms with Gasteiger partial charge in [-0.25, -0.2) is 0 Å². The zero-order valence-electron chi connectivity index (χ0n) is 33.2. The van der Waals surface area contributed by atoms with Crippen molar-refractivity contribution in [2.24, 2.45) is 0 Å². The standard InChI is InChI=1S/C39H67ClN6O10/c1-55-33-21-29(41)28(40)20-27(33)39(54)44-30-15-19-46(24-34(30)56-2)17-10-6-8-14-36(51)43-26-12-11-18-45(23-26)16-9-5-3-4-7-13-35(50)42-22-31(48)37(52)38(53)32(49)25-47/h20-21,26,30-32,34,37-38,47-49,52-53H,3-19,22-25,41H2,1-2H3,(H,42,50)(H,43,51)(H,44,54)/t26-,30-,31+,32-,34+,37-,38-/m1/s1. The van der Waals surface area contributed by atoms with Crippen LogP contribution in [0.2, 0.25) is 5.02 Å². The van der Waals surface area contributed by atoms with E-state index < -0.39 is 31.0 Å². The number of aliphatic hydroxyl groups excluding tert-OH is 5. The summed E-state index contributed by atoms with van der Waals surface area (Å²) >= 11 is 6.16. The maximum atomic E-state index is 13.1. The monoisotopic (exact) mass is 814 g/mol. The van der Waals surface area contributed by atoms with E-state index in [2.05, 4.69) is 25.8 Å². The molecule has 0 aromatic heterocycles. The third kappa shape index (κ3) is 16.2. The normalized spacial score (nSPS) is 21.5. The Hall–Kier alpha value is -2.80. The van der Waals surface area contributed by atoms with Gasteiger partial charge in [0.15, 0.2) is 0 Å². The first-order chi connectivity index (χ1) is 26.9. The quantitative estimate of drug-likeness (QED) is 0.0491. The molecule has 2 fully saturated rings. The van der Waals surface area contributed by atoms with Crippen molar-refractivity contribution >= 4 is 35.0 Å². The number of aliphatic hydroxyl groups is 5. The molecule has 3 rings (SSSR count). The molecule has 0 radical (unpaired) electrons. The van der Waals surface area contributed by atoms with Gasteiger partial charge in [-0.3, -0.25) is 14.4 Å². The van der Waals surface area contributed by atoms with E-state index in [1.807, 2.05) is 0 Å². The molecule has 16 nitrogen and oxygen atoms in total. The summed E-state index contributed by atoms with van der Waals surface area (Å²) in [6.07, 6.45) is 4.40. The minimum absolute atomic E-state index is 0.111. The van der Waals surface area contributed by atoms with E-state index in [0.29, 0.717) is 41.4 Å². The number of anilines is 1. The van der Waals surface area contributed by atoms with Crippen molar-refractivity contribution in [3.05, 3.63) is 22.7 Å². The van der Waals surface area contributed by atoms with Gasteiger partial charge in [0.1, 0.15) is 24.1 Å². The zero-order chi connectivity index (χ0) is 41.0. The van der Waals surface area contributed by atoms with Crippen LogP contribution in [0.15, 0.2) is 12.1 Å². The van der Waals surface area contributed by atoms with Gasteiger partial charge in [0.2, 0.25) is 11.8 Å². The predicted molar refractivity (Wildman–Crippen MR) is 213 cm³/mol. The molecular formula is C39H67ClN6O10. The number of benzene rings is 1. The predicted octanol–water partition coefficient (Wildman–Crippen LogP) is 0.784. The van der Waals surface area contributed by atoms with E-state index in [0.717, 1.165) is 96.9 Å². The number of carbonyl (C=O) groups excluding carboxylic acids is 3. The maximum absolute atomic E-state index is 13.1. The van der Waals surface area contributed by atoms with Crippen LogP contribution in [0.1, 0.15) is 93.8 Å². The summed E-state index contributed by atoms with van der Waals surface area (Å²) in [6, 6.07) is 3.08. The Bertz CT molecular complexity index is 1350. The van der Waals surface area contributed by atoms with Crippen molar-refractivity contribution in [3.63, 3.8) is 0 Å². The van der Waals surface area contributed by atoms with Gasteiger partial charge >= 0.3 is 0 Å². The van der Waals surface area contributed by atoms with E-state index in [1.54, 1.807) is 13.2 Å². The van der Waals surface area contributed by atoms with Gasteiger partial charge in [0.25, 0.3) is 5.91 Å². The average Bonchev–Trinajstić information content (AvgIpc) is 3.19. The minimum Gasteiger partial charge on any atom is -0.496 e. The van der Waals surface area contributed by atoms with Crippen molar-refractivity contribution in [2.45, 2.75) is 126 Å². The largest absolute Gasteiger partial charge is 0.496 e. The van der Waals surface area contributed by atoms with E-state index in [1.165, 1.54) is 13.2 Å². The minimum atomic E-state index is -1.72. The molecule has 0 aliphatic carbocycles. The number of rotatable bonds is 25. The van der Waals surface area contributed by atoms with Crippen molar-refractivity contribution in [1.82, 2.24) is 25.8 Å². The Morgan fingerprint density at radius 2 is 1.46 bits per heavy atom. The van der Waals surface area contributed by atoms with Gasteiger partial charge in [-0.1, -0.05) is 37.3 Å². The second kappa shape index (κ2) is 25.5. The first-order valence-electron chi connectivity index (χ1n) is 20.2. The molecule has 320 valence electrons. The Morgan fingerprint density at radius 1 is 0.839 bits per heavy atom. The number of methoxy groups -OCH3 is 2. The van der Waals surface area contributed by atoms with Crippen LogP contribution in [0, 0.1) is 0 Å². The van der Waals surface area contributed by atoms with Crippen LogP contribution in [-0.4, -0.2) is 162 Å². The van der Waals surface area contributed by atoms with Crippen LogP contribution < -0.4 is 26.4 Å². The second-order valence-electron chi connectivity index (χ2n) is 15.2. The number of nitrogens with two attached hydrogens (primary N) is 1. The van der Waals surface area contributed by atoms with Gasteiger partial charge in [-0.05, 0) is 70.6 Å². The molecule has 2 aliphatic heterocycles. The molecule has 1 aromatic carbocycles. The lowest BCUT2D eigenvalue weighted by molar-refractivity contribution is -0.126. The molecule has 10 N–H and O–H groups in total. The number of carbonyl (C=O) groups is 3. The summed E-state index contributed by atoms with van der Waals surface area (Å²) in [5, 5.41) is 56.8. The molecule has 0 saturated carbocycles. The smallest absolute Gasteiger partial charge is 0.255 e. The SMILES string of the molecule is COc1cc(N)c(Cl)cc1C(=O)N[C@@H]1CCN(CCCCCC(=O)N[C@@H]2CCCN(CCCCCCCC(=O)NC[C@H](O)[C@@H](O)[C@H](O)[C@H](O)CO)C2)C[C@@H]1OC. The zero-order valence-corrected chi connectivity index (χ0v) is 33.9. The molecule has 2 saturated heterocycles. The van der Waals surface area contributed by atoms with Crippen molar-refractivity contribution < 1.29 is 49.4 Å². The van der Waals surface area contributed by atoms with Crippen LogP contribution >= 0.6 is 11.6 Å². The fraction of sp³-hybridized carbons (Fsp3) is 0.769. The third-order valence-electron chi connectivity index (χ3n) is 10.8. The summed E-state index contributed by atoms with van der Waals surface area (Å²) in [6.45, 7) is 4.28. The Morgan fingerprint density at radius 3 is 2.14 bits per heavy atom. The van der Waals surface area contributed by atoms with Crippen LogP contribution in [0.3, 0.4) is 0 Å². The topological polar surface area (TPSA) is 239 Å². The number of likely N-dealkylation sites (tertiary alicyclic amines) is 2. The number of hydrogen-bond acceptors (Lipinski definition) is 13. The van der Waals surface area contributed by atoms with Crippen molar-refractivity contribution in [1.29, 1.82) is 0 Å². The van der Waals surface area contributed by atoms with E-state index in [-0.39, 0.29) is 48.9 Å². The Balaban J connectivity index is 1.21. The highest BCUT2D eigenvalue weighted by Crippen LogP contribution is 2.29. The summed E-state index contributed by atoms with van der Waals surface area (Å²) in [7, 11) is 3.14. The lowest BCUT2D eigenvalue weighted by Crippen LogP contribution is -2.54. The van der Waals surface area contributed by atoms with Crippen molar-refractivity contribution in [3.8, 4) is 5.75 Å². The molecular weight excluding hydrogens is 748 g/mol. The number of nitrogens with one attached hydrogen (secondary N) is 3. The molecule has 3 amide bonds. The molecule has 2 aliphatic rings. The maximum Gasteiger partial charge on any atom is 0.255 e. The van der Waals surface area contributed by atoms with E-state index in [4.69, 9.17) is 31.9 Å². The second-order valence-corrected chi connectivity index (χ2v) is 15.6. The Kier molecular flexibility index (Phi) is 21.7. The molecule has 0 bridgehead atoms. The molecule has 0 spiro atoms. The molecule has 2 heterocycles. The number of piperidine rings is 2. The van der Waals surface area contributed by atoms with E-state index in [9.17, 15) is 34.8 Å². The molecule has 17 heteroatoms. The van der Waals surface area contributed by atoms with Crippen LogP contribution in [0.5, 0.6) is 5.75 Å². The third-order valence-corrected chi connectivity index (χ3v) is 11.1. The van der Waals surface area contributed by atoms with Gasteiger partial charge in [-0.2, -0.15) is 0 Å². The molecule has 56 heavy (non-hydrogen) atoms. The summed E-state index contributed by atoms with van der Waals surface area (Å²) in [5.74, 6) is -0.0760. The molecule has 7 atom stereocenters. The lowest BCUT2D eigenvalue weighted by Gasteiger charge is -2.38. The number of unbranched alkanes of at least 4 members (excludes halogenated alkanes) is 6. The fourth-order valence-electron chi connectivity index (χ4n) is 7.37. The fourth-order valence-corrected chi connectivity index (χ4v) is 7.53.